The maximum absolute atomic E-state index is 11.6. The van der Waals surface area contributed by atoms with Gasteiger partial charge in [0.25, 0.3) is 5.70 Å². The molecule has 108 valence electrons. The van der Waals surface area contributed by atoms with Gasteiger partial charge in [0.1, 0.15) is 5.60 Å². The van der Waals surface area contributed by atoms with Gasteiger partial charge in [-0.15, -0.1) is 0 Å². The number of carbonyl (C=O) groups is 1. The third kappa shape index (κ3) is 7.91. The third-order valence-electron chi connectivity index (χ3n) is 1.90. The molecule has 0 aliphatic carbocycles. The Morgan fingerprint density at radius 1 is 1.42 bits per heavy atom. The number of hydrogen-bond donors (Lipinski definition) is 0. The Labute approximate surface area is 114 Å². The Hall–Kier alpha value is -1.91. The van der Waals surface area contributed by atoms with Gasteiger partial charge in [0, 0.05) is 11.6 Å². The van der Waals surface area contributed by atoms with Crippen LogP contribution in [0.2, 0.25) is 0 Å². The number of ether oxygens (including phenoxy) is 1. The summed E-state index contributed by atoms with van der Waals surface area (Å²) >= 11 is 0. The standard InChI is InChI=1S/C13H19NO4.CH4/c1-6-8-11(14(16)17)10(7-2)9-12(15)18-13(3,4)5;/h6-8H,1,9H2,2-5H3;1H4/b10-7-,11-8+;. The van der Waals surface area contributed by atoms with Crippen LogP contribution in [-0.4, -0.2) is 16.5 Å². The molecule has 19 heavy (non-hydrogen) atoms. The van der Waals surface area contributed by atoms with E-state index in [1.54, 1.807) is 27.7 Å². The number of esters is 1. The lowest BCUT2D eigenvalue weighted by atomic mass is 10.1. The van der Waals surface area contributed by atoms with Gasteiger partial charge in [-0.05, 0) is 27.7 Å². The highest BCUT2D eigenvalue weighted by Crippen LogP contribution is 2.18. The molecule has 0 saturated carbocycles. The first-order chi connectivity index (χ1) is 8.21. The number of hydrogen-bond acceptors (Lipinski definition) is 4. The summed E-state index contributed by atoms with van der Waals surface area (Å²) in [6.07, 6.45) is 3.98. The summed E-state index contributed by atoms with van der Waals surface area (Å²) in [4.78, 5) is 21.9. The first-order valence-electron chi connectivity index (χ1n) is 5.55. The minimum absolute atomic E-state index is 0. The molecule has 0 atom stereocenters. The number of carbonyl (C=O) groups excluding carboxylic acids is 1. The van der Waals surface area contributed by atoms with Gasteiger partial charge >= 0.3 is 5.97 Å². The molecule has 0 aliphatic heterocycles. The Kier molecular flexibility index (Phi) is 8.42. The fourth-order valence-corrected chi connectivity index (χ4v) is 1.27. The summed E-state index contributed by atoms with van der Waals surface area (Å²) < 4.78 is 5.12. The molecule has 0 heterocycles. The third-order valence-corrected chi connectivity index (χ3v) is 1.90. The van der Waals surface area contributed by atoms with Crippen molar-refractivity contribution in [2.24, 2.45) is 0 Å². The van der Waals surface area contributed by atoms with Crippen molar-refractivity contribution in [1.82, 2.24) is 0 Å². The lowest BCUT2D eigenvalue weighted by Crippen LogP contribution is -2.24. The molecule has 5 nitrogen and oxygen atoms in total. The Morgan fingerprint density at radius 3 is 2.26 bits per heavy atom. The summed E-state index contributed by atoms with van der Waals surface area (Å²) in [5, 5.41) is 10.9. The minimum atomic E-state index is -0.604. The van der Waals surface area contributed by atoms with Crippen LogP contribution in [0.3, 0.4) is 0 Å². The van der Waals surface area contributed by atoms with E-state index in [0.29, 0.717) is 5.57 Å². The minimum Gasteiger partial charge on any atom is -0.460 e. The Balaban J connectivity index is 0. The highest BCUT2D eigenvalue weighted by Gasteiger charge is 2.22. The smallest absolute Gasteiger partial charge is 0.311 e. The fourth-order valence-electron chi connectivity index (χ4n) is 1.27. The zero-order chi connectivity index (χ0) is 14.3. The van der Waals surface area contributed by atoms with E-state index in [1.807, 2.05) is 0 Å². The van der Waals surface area contributed by atoms with Crippen molar-refractivity contribution in [1.29, 1.82) is 0 Å². The van der Waals surface area contributed by atoms with Crippen LogP contribution >= 0.6 is 0 Å². The van der Waals surface area contributed by atoms with E-state index < -0.39 is 16.5 Å². The van der Waals surface area contributed by atoms with Gasteiger partial charge in [-0.25, -0.2) is 0 Å². The molecule has 0 rings (SSSR count). The quantitative estimate of drug-likeness (QED) is 0.330. The van der Waals surface area contributed by atoms with Gasteiger partial charge in [-0.1, -0.05) is 26.2 Å². The van der Waals surface area contributed by atoms with E-state index in [2.05, 4.69) is 6.58 Å². The molecule has 0 N–H and O–H groups in total. The zero-order valence-corrected chi connectivity index (χ0v) is 11.2. The van der Waals surface area contributed by atoms with E-state index in [4.69, 9.17) is 4.74 Å². The summed E-state index contributed by atoms with van der Waals surface area (Å²) in [5.41, 5.74) is -0.431. The van der Waals surface area contributed by atoms with E-state index in [-0.39, 0.29) is 19.5 Å². The van der Waals surface area contributed by atoms with Gasteiger partial charge < -0.3 is 4.74 Å². The topological polar surface area (TPSA) is 69.4 Å². The number of nitrogens with zero attached hydrogens (tertiary/aromatic N) is 1. The van der Waals surface area contributed by atoms with Gasteiger partial charge in [0.2, 0.25) is 0 Å². The van der Waals surface area contributed by atoms with Crippen LogP contribution in [0.4, 0.5) is 0 Å². The molecule has 0 aromatic carbocycles. The van der Waals surface area contributed by atoms with Crippen molar-refractivity contribution in [2.45, 2.75) is 47.1 Å². The summed E-state index contributed by atoms with van der Waals surface area (Å²) in [7, 11) is 0. The summed E-state index contributed by atoms with van der Waals surface area (Å²) in [6, 6.07) is 0. The van der Waals surface area contributed by atoms with Gasteiger partial charge in [0.05, 0.1) is 11.3 Å². The molecular weight excluding hydrogens is 246 g/mol. The van der Waals surface area contributed by atoms with Crippen molar-refractivity contribution in [3.63, 3.8) is 0 Å². The maximum Gasteiger partial charge on any atom is 0.311 e. The second-order valence-corrected chi connectivity index (χ2v) is 4.62. The van der Waals surface area contributed by atoms with E-state index in [1.165, 1.54) is 18.2 Å². The highest BCUT2D eigenvalue weighted by molar-refractivity contribution is 5.74. The molecule has 0 fully saturated rings. The predicted molar refractivity (Wildman–Crippen MR) is 76.2 cm³/mol. The van der Waals surface area contributed by atoms with Gasteiger partial charge in [-0.2, -0.15) is 0 Å². The Bertz CT molecular complexity index is 400. The van der Waals surface area contributed by atoms with Crippen molar-refractivity contribution >= 4 is 5.97 Å². The second-order valence-electron chi connectivity index (χ2n) is 4.62. The molecule has 0 unspecified atom stereocenters. The first kappa shape index (κ1) is 19.4. The monoisotopic (exact) mass is 269 g/mol. The lowest BCUT2D eigenvalue weighted by molar-refractivity contribution is -0.421. The molecule has 0 aliphatic rings. The zero-order valence-electron chi connectivity index (χ0n) is 11.2. The molecule has 0 aromatic heterocycles. The molecular formula is C14H23NO4. The van der Waals surface area contributed by atoms with Crippen molar-refractivity contribution in [3.05, 3.63) is 46.2 Å². The van der Waals surface area contributed by atoms with Crippen LogP contribution < -0.4 is 0 Å². The SMILES string of the molecule is C.C=C/C=C(\C(=C/C)CC(=O)OC(C)(C)C)[N+](=O)[O-]. The normalized spacial score (nSPS) is 12.4. The van der Waals surface area contributed by atoms with E-state index in [9.17, 15) is 14.9 Å². The van der Waals surface area contributed by atoms with Gasteiger partial charge in [0.15, 0.2) is 0 Å². The molecule has 0 aromatic rings. The van der Waals surface area contributed by atoms with Crippen LogP contribution in [0.1, 0.15) is 41.5 Å². The van der Waals surface area contributed by atoms with Crippen molar-refractivity contribution < 1.29 is 14.5 Å². The van der Waals surface area contributed by atoms with Gasteiger partial charge in [-0.3, -0.25) is 14.9 Å². The van der Waals surface area contributed by atoms with E-state index >= 15 is 0 Å². The van der Waals surface area contributed by atoms with Crippen LogP contribution in [-0.2, 0) is 9.53 Å². The largest absolute Gasteiger partial charge is 0.460 e. The summed E-state index contributed by atoms with van der Waals surface area (Å²) in [5.74, 6) is -0.493. The Morgan fingerprint density at radius 2 is 1.95 bits per heavy atom. The van der Waals surface area contributed by atoms with E-state index in [0.717, 1.165) is 0 Å². The molecule has 0 saturated heterocycles. The number of nitro groups is 1. The van der Waals surface area contributed by atoms with Crippen molar-refractivity contribution in [2.75, 3.05) is 0 Å². The fraction of sp³-hybridized carbons (Fsp3) is 0.500. The van der Waals surface area contributed by atoms with Crippen molar-refractivity contribution in [3.8, 4) is 0 Å². The van der Waals surface area contributed by atoms with Crippen LogP contribution in [0.5, 0.6) is 0 Å². The second kappa shape index (κ2) is 8.24. The molecule has 5 heteroatoms. The van der Waals surface area contributed by atoms with Crippen LogP contribution in [0, 0.1) is 10.1 Å². The average molecular weight is 269 g/mol. The van der Waals surface area contributed by atoms with Crippen LogP contribution in [0.15, 0.2) is 36.1 Å². The average Bonchev–Trinajstić information content (AvgIpc) is 2.20. The first-order valence-corrected chi connectivity index (χ1v) is 5.55. The molecule has 0 amide bonds. The maximum atomic E-state index is 11.6. The number of allylic oxidation sites excluding steroid dienone is 4. The molecule has 0 spiro atoms. The lowest BCUT2D eigenvalue weighted by Gasteiger charge is -2.19. The summed E-state index contributed by atoms with van der Waals surface area (Å²) in [6.45, 7) is 10.3. The predicted octanol–water partition coefficient (Wildman–Crippen LogP) is 3.65. The highest BCUT2D eigenvalue weighted by atomic mass is 16.6. The molecule has 0 radical (unpaired) electrons. The van der Waals surface area contributed by atoms with Crippen LogP contribution in [0.25, 0.3) is 0 Å². The molecule has 0 bridgehead atoms. The number of rotatable bonds is 5.